The summed E-state index contributed by atoms with van der Waals surface area (Å²) in [6, 6.07) is 0. The monoisotopic (exact) mass is 374 g/mol. The van der Waals surface area contributed by atoms with Crippen molar-refractivity contribution < 1.29 is 24.5 Å². The molecule has 0 heterocycles. The molecule has 148 valence electrons. The third-order valence-corrected chi connectivity index (χ3v) is 3.50. The van der Waals surface area contributed by atoms with Crippen molar-refractivity contribution in [2.24, 2.45) is 22.4 Å². The van der Waals surface area contributed by atoms with E-state index in [2.05, 4.69) is 10.3 Å². The number of nitrogens with zero attached hydrogens (tertiary/aromatic N) is 2. The van der Waals surface area contributed by atoms with E-state index < -0.39 is 28.3 Å². The number of Topliss-reactive ketones (excluding diaryl/α,β-unsaturated/α-hetero) is 1. The van der Waals surface area contributed by atoms with E-state index in [-0.39, 0.29) is 50.6 Å². The lowest BCUT2D eigenvalue weighted by Crippen LogP contribution is -2.55. The van der Waals surface area contributed by atoms with Crippen molar-refractivity contribution in [3.63, 3.8) is 0 Å². The molecule has 0 aliphatic carbocycles. The summed E-state index contributed by atoms with van der Waals surface area (Å²) < 4.78 is 0. The molecule has 1 amide bonds. The normalized spacial score (nSPS) is 13.8. The van der Waals surface area contributed by atoms with Crippen LogP contribution in [0.25, 0.3) is 0 Å². The Morgan fingerprint density at radius 1 is 1.31 bits per heavy atom. The van der Waals surface area contributed by atoms with Gasteiger partial charge in [-0.05, 0) is 19.3 Å². The number of carbonyl (C=O) groups excluding carboxylic acids is 2. The molecule has 0 spiro atoms. The van der Waals surface area contributed by atoms with Crippen LogP contribution in [0.1, 0.15) is 39.5 Å². The molecule has 7 N–H and O–H groups in total. The molecule has 0 rings (SSSR count). The summed E-state index contributed by atoms with van der Waals surface area (Å²) in [4.78, 5) is 48.8. The minimum absolute atomic E-state index is 0.0311. The summed E-state index contributed by atoms with van der Waals surface area (Å²) in [6.07, 6.45) is 0.0598. The van der Waals surface area contributed by atoms with E-state index in [4.69, 9.17) is 11.5 Å². The maximum absolute atomic E-state index is 12.2. The minimum Gasteiger partial charge on any atom is -0.480 e. The zero-order chi connectivity index (χ0) is 20.3. The Balaban J connectivity index is 4.49. The van der Waals surface area contributed by atoms with Crippen molar-refractivity contribution in [1.29, 1.82) is 0 Å². The lowest BCUT2D eigenvalue weighted by molar-refractivity contribution is -0.525. The van der Waals surface area contributed by atoms with E-state index in [0.717, 1.165) is 0 Å². The molecule has 0 aliphatic rings. The predicted molar refractivity (Wildman–Crippen MR) is 92.5 cm³/mol. The third-order valence-electron chi connectivity index (χ3n) is 3.50. The Hall–Kier alpha value is -2.76. The number of guanidine groups is 1. The highest BCUT2D eigenvalue weighted by Crippen LogP contribution is 2.15. The molecule has 0 aromatic heterocycles. The third kappa shape index (κ3) is 8.37. The number of aliphatic imine (C=N–C) groups is 1. The van der Waals surface area contributed by atoms with Crippen LogP contribution < -0.4 is 22.2 Å². The SMILES string of the molecule is CC(C)C(=O)NCCCC(=O)C(N)(CCCN=C(N)N[N+](=O)[O-])C(=O)O. The molecule has 0 bridgehead atoms. The quantitative estimate of drug-likeness (QED) is 0.0691. The number of ketones is 1. The van der Waals surface area contributed by atoms with Crippen LogP contribution in [0, 0.1) is 16.0 Å². The van der Waals surface area contributed by atoms with Crippen LogP contribution in [0.5, 0.6) is 0 Å². The first-order valence-corrected chi connectivity index (χ1v) is 8.05. The fourth-order valence-electron chi connectivity index (χ4n) is 1.94. The van der Waals surface area contributed by atoms with E-state index in [1.54, 1.807) is 19.3 Å². The number of hydrogen-bond donors (Lipinski definition) is 5. The first kappa shape index (κ1) is 23.2. The summed E-state index contributed by atoms with van der Waals surface area (Å²) in [6.45, 7) is 3.67. The molecular formula is C14H26N6O6. The van der Waals surface area contributed by atoms with Gasteiger partial charge in [0.25, 0.3) is 5.96 Å². The van der Waals surface area contributed by atoms with Crippen molar-refractivity contribution in [1.82, 2.24) is 10.7 Å². The van der Waals surface area contributed by atoms with Gasteiger partial charge in [-0.3, -0.25) is 9.59 Å². The van der Waals surface area contributed by atoms with Crippen LogP contribution in [0.15, 0.2) is 4.99 Å². The number of nitrogens with one attached hydrogen (secondary N) is 2. The number of carboxylic acid groups (broad SMARTS) is 1. The van der Waals surface area contributed by atoms with Gasteiger partial charge in [-0.1, -0.05) is 19.3 Å². The molecule has 0 aromatic carbocycles. The molecular weight excluding hydrogens is 348 g/mol. The second kappa shape index (κ2) is 11.0. The van der Waals surface area contributed by atoms with Gasteiger partial charge in [0, 0.05) is 25.4 Å². The molecule has 0 fully saturated rings. The molecule has 12 heteroatoms. The fourth-order valence-corrected chi connectivity index (χ4v) is 1.94. The summed E-state index contributed by atoms with van der Waals surface area (Å²) >= 11 is 0. The highest BCUT2D eigenvalue weighted by atomic mass is 16.7. The summed E-state index contributed by atoms with van der Waals surface area (Å²) in [7, 11) is 0. The topological polar surface area (TPSA) is 203 Å². The Labute approximate surface area is 150 Å². The number of carboxylic acids is 1. The fraction of sp³-hybridized carbons (Fsp3) is 0.714. The Morgan fingerprint density at radius 2 is 1.92 bits per heavy atom. The number of nitro groups is 1. The summed E-state index contributed by atoms with van der Waals surface area (Å²) in [5.41, 5.74) is 10.5. The van der Waals surface area contributed by atoms with Crippen LogP contribution in [0.3, 0.4) is 0 Å². The van der Waals surface area contributed by atoms with Crippen LogP contribution in [-0.2, 0) is 14.4 Å². The van der Waals surface area contributed by atoms with Crippen LogP contribution >= 0.6 is 0 Å². The lowest BCUT2D eigenvalue weighted by Gasteiger charge is -2.23. The molecule has 1 atom stereocenters. The molecule has 0 aliphatic heterocycles. The number of amides is 1. The number of aliphatic carboxylic acids is 1. The first-order chi connectivity index (χ1) is 12.0. The van der Waals surface area contributed by atoms with E-state index in [9.17, 15) is 29.6 Å². The summed E-state index contributed by atoms with van der Waals surface area (Å²) in [5.74, 6) is -2.90. The van der Waals surface area contributed by atoms with Gasteiger partial charge in [-0.25, -0.2) is 19.9 Å². The Kier molecular flexibility index (Phi) is 9.81. The maximum Gasteiger partial charge on any atom is 0.331 e. The van der Waals surface area contributed by atoms with Crippen molar-refractivity contribution in [3.8, 4) is 0 Å². The largest absolute Gasteiger partial charge is 0.480 e. The van der Waals surface area contributed by atoms with Crippen molar-refractivity contribution >= 4 is 23.6 Å². The van der Waals surface area contributed by atoms with Crippen LogP contribution in [0.4, 0.5) is 0 Å². The van der Waals surface area contributed by atoms with Gasteiger partial charge in [-0.15, -0.1) is 0 Å². The number of hydrazine groups is 1. The smallest absolute Gasteiger partial charge is 0.331 e. The van der Waals surface area contributed by atoms with E-state index >= 15 is 0 Å². The standard InChI is InChI=1S/C14H26N6O6/c1-9(2)11(22)17-7-3-5-10(21)14(16,12(23)24)6-4-8-18-13(15)19-20(25)26/h9H,3-8,16H2,1-2H3,(H,17,22)(H,23,24)(H3,15,18,19). The maximum atomic E-state index is 12.2. The molecule has 12 nitrogen and oxygen atoms in total. The second-order valence-electron chi connectivity index (χ2n) is 5.99. The number of hydrogen-bond acceptors (Lipinski definition) is 7. The molecule has 0 saturated carbocycles. The van der Waals surface area contributed by atoms with Gasteiger partial charge in [0.05, 0.1) is 0 Å². The van der Waals surface area contributed by atoms with Gasteiger partial charge < -0.3 is 21.9 Å². The van der Waals surface area contributed by atoms with Crippen molar-refractivity contribution in [3.05, 3.63) is 10.1 Å². The van der Waals surface area contributed by atoms with E-state index in [1.807, 2.05) is 0 Å². The number of nitrogens with two attached hydrogens (primary N) is 2. The highest BCUT2D eigenvalue weighted by Gasteiger charge is 2.40. The lowest BCUT2D eigenvalue weighted by atomic mass is 9.87. The average Bonchev–Trinajstić information content (AvgIpc) is 2.53. The second-order valence-corrected chi connectivity index (χ2v) is 5.99. The molecule has 0 aromatic rings. The average molecular weight is 374 g/mol. The van der Waals surface area contributed by atoms with Crippen molar-refractivity contribution in [2.45, 2.75) is 45.1 Å². The van der Waals surface area contributed by atoms with Gasteiger partial charge in [0.1, 0.15) is 0 Å². The number of rotatable bonds is 12. The Bertz CT molecular complexity index is 564. The van der Waals surface area contributed by atoms with Crippen LogP contribution in [-0.4, -0.2) is 52.4 Å². The van der Waals surface area contributed by atoms with Gasteiger partial charge in [-0.2, -0.15) is 0 Å². The zero-order valence-corrected chi connectivity index (χ0v) is 14.9. The van der Waals surface area contributed by atoms with E-state index in [1.165, 1.54) is 0 Å². The highest BCUT2D eigenvalue weighted by molar-refractivity contribution is 6.07. The Morgan fingerprint density at radius 3 is 2.42 bits per heavy atom. The van der Waals surface area contributed by atoms with Crippen LogP contribution in [0.2, 0.25) is 0 Å². The first-order valence-electron chi connectivity index (χ1n) is 8.05. The predicted octanol–water partition coefficient (Wildman–Crippen LogP) is -1.23. The van der Waals surface area contributed by atoms with E-state index in [0.29, 0.717) is 0 Å². The van der Waals surface area contributed by atoms with Gasteiger partial charge in [0.2, 0.25) is 5.91 Å². The van der Waals surface area contributed by atoms with Gasteiger partial charge in [0.15, 0.2) is 16.4 Å². The molecule has 26 heavy (non-hydrogen) atoms. The summed E-state index contributed by atoms with van der Waals surface area (Å²) in [5, 5.41) is 21.2. The van der Waals surface area contributed by atoms with Crippen molar-refractivity contribution in [2.75, 3.05) is 13.1 Å². The minimum atomic E-state index is -2.08. The molecule has 1 unspecified atom stereocenters. The zero-order valence-electron chi connectivity index (χ0n) is 14.9. The van der Waals surface area contributed by atoms with Gasteiger partial charge >= 0.3 is 5.97 Å². The molecule has 0 saturated heterocycles. The number of carbonyl (C=O) groups is 3. The molecule has 0 radical (unpaired) electrons.